The van der Waals surface area contributed by atoms with Crippen LogP contribution in [0, 0.1) is 0 Å². The zero-order valence-electron chi connectivity index (χ0n) is 23.3. The highest BCUT2D eigenvalue weighted by atomic mass is 19.5. The summed E-state index contributed by atoms with van der Waals surface area (Å²) in [7, 11) is 0. The fraction of sp³-hybridized carbons (Fsp3) is 1.00. The van der Waals surface area contributed by atoms with Gasteiger partial charge in [0.15, 0.2) is 0 Å². The Balaban J connectivity index is 7.44. The van der Waals surface area contributed by atoms with E-state index in [2.05, 4.69) is 4.74 Å². The van der Waals surface area contributed by atoms with Gasteiger partial charge >= 0.3 is 83.4 Å². The van der Waals surface area contributed by atoms with Crippen molar-refractivity contribution in [3.63, 3.8) is 0 Å². The molecule has 0 saturated carbocycles. The van der Waals surface area contributed by atoms with Gasteiger partial charge in [-0.25, -0.2) is 8.78 Å². The molecule has 0 N–H and O–H groups in total. The van der Waals surface area contributed by atoms with E-state index in [1.165, 1.54) is 0 Å². The van der Waals surface area contributed by atoms with E-state index in [0.717, 1.165) is 0 Å². The second kappa shape index (κ2) is 12.7. The average molecular weight is 838 g/mol. The fourth-order valence-corrected chi connectivity index (χ4v) is 3.76. The first-order valence-electron chi connectivity index (χ1n) is 11.9. The summed E-state index contributed by atoms with van der Waals surface area (Å²) >= 11 is 0. The van der Waals surface area contributed by atoms with Crippen LogP contribution in [0.5, 0.6) is 0 Å². The highest BCUT2D eigenvalue weighted by molar-refractivity contribution is 5.19. The maximum absolute atomic E-state index is 14.5. The third kappa shape index (κ3) is 6.35. The highest BCUT2D eigenvalue weighted by Gasteiger charge is 2.97. The number of rotatable bonds is 14. The molecule has 0 aromatic rings. The van der Waals surface area contributed by atoms with E-state index in [-0.39, 0.29) is 13.8 Å². The molecule has 0 aromatic carbocycles. The molecule has 0 fully saturated rings. The number of alkyl halides is 30. The monoisotopic (exact) mass is 838 g/mol. The average Bonchev–Trinajstić information content (AvgIpc) is 2.88. The summed E-state index contributed by atoms with van der Waals surface area (Å²) in [5.41, 5.74) is -17.8. The molecular formula is C20H12F30O. The van der Waals surface area contributed by atoms with Crippen LogP contribution in [0.25, 0.3) is 0 Å². The first kappa shape index (κ1) is 48.9. The van der Waals surface area contributed by atoms with Crippen molar-refractivity contribution < 1.29 is 136 Å². The van der Waals surface area contributed by atoms with Gasteiger partial charge in [-0.2, -0.15) is 123 Å². The Labute approximate surface area is 260 Å². The molecule has 0 saturated heterocycles. The molecule has 0 rings (SSSR count). The van der Waals surface area contributed by atoms with Gasteiger partial charge in [-0.05, 0) is 12.8 Å². The normalized spacial score (nSPS) is 17.9. The molecule has 0 spiro atoms. The van der Waals surface area contributed by atoms with Crippen molar-refractivity contribution in [1.82, 2.24) is 0 Å². The van der Waals surface area contributed by atoms with Crippen molar-refractivity contribution in [2.75, 3.05) is 0 Å². The third-order valence-corrected chi connectivity index (χ3v) is 6.72. The lowest BCUT2D eigenvalue weighted by molar-refractivity contribution is -0.465. The van der Waals surface area contributed by atoms with Crippen LogP contribution < -0.4 is 0 Å². The zero-order valence-corrected chi connectivity index (χ0v) is 23.3. The van der Waals surface area contributed by atoms with Gasteiger partial charge in [0.2, 0.25) is 0 Å². The van der Waals surface area contributed by atoms with E-state index in [0.29, 0.717) is 0 Å². The summed E-state index contributed by atoms with van der Waals surface area (Å²) in [6.45, 7) is -0.628. The van der Waals surface area contributed by atoms with E-state index in [1.54, 1.807) is 0 Å². The quantitative estimate of drug-likeness (QED) is 0.158. The maximum atomic E-state index is 14.5. The number of halogens is 30. The molecule has 51 heavy (non-hydrogen) atoms. The standard InChI is InChI=1S/C20H12F30O/c1-3-5(7(21,22)11(27,28)15(35,36)13(31,32)9(25,17(39,40)41)18(42,43)44)51-6(4-2)8(23,24)12(29,30)16(37,38)14(33,34)10(26,19(45,46)47)20(48,49)50/h5-6H,3-4H2,1-2H3. The smallest absolute Gasteiger partial charge is 0.362 e. The Morgan fingerprint density at radius 1 is 0.294 bits per heavy atom. The lowest BCUT2D eigenvalue weighted by atomic mass is 9.83. The summed E-state index contributed by atoms with van der Waals surface area (Å²) in [5, 5.41) is 0. The second-order valence-electron chi connectivity index (χ2n) is 9.93. The Kier molecular flexibility index (Phi) is 12.2. The Bertz CT molecular complexity index is 1080. The Morgan fingerprint density at radius 3 is 0.608 bits per heavy atom. The van der Waals surface area contributed by atoms with Gasteiger partial charge in [-0.15, -0.1) is 0 Å². The van der Waals surface area contributed by atoms with Crippen LogP contribution in [-0.4, -0.2) is 95.6 Å². The van der Waals surface area contributed by atoms with E-state index in [1.807, 2.05) is 0 Å². The molecule has 1 nitrogen and oxygen atoms in total. The summed E-state index contributed by atoms with van der Waals surface area (Å²) in [6.07, 6.45) is -49.4. The minimum Gasteiger partial charge on any atom is -0.362 e. The minimum absolute atomic E-state index is 0.314. The molecule has 0 heterocycles. The van der Waals surface area contributed by atoms with Gasteiger partial charge in [0, 0.05) is 0 Å². The van der Waals surface area contributed by atoms with Crippen molar-refractivity contribution in [3.05, 3.63) is 0 Å². The minimum atomic E-state index is -9.15. The molecular weight excluding hydrogens is 826 g/mol. The van der Waals surface area contributed by atoms with Gasteiger partial charge in [0.25, 0.3) is 0 Å². The first-order chi connectivity index (χ1) is 21.6. The molecule has 0 aliphatic carbocycles. The number of hydrogen-bond donors (Lipinski definition) is 0. The lowest BCUT2D eigenvalue weighted by Gasteiger charge is -2.46. The van der Waals surface area contributed by atoms with E-state index in [4.69, 9.17) is 0 Å². The molecule has 0 aromatic heterocycles. The van der Waals surface area contributed by atoms with Crippen molar-refractivity contribution >= 4 is 0 Å². The summed E-state index contributed by atoms with van der Waals surface area (Å²) < 4.78 is 408. The van der Waals surface area contributed by atoms with Gasteiger partial charge in [0.05, 0.1) is 0 Å². The molecule has 0 bridgehead atoms. The molecule has 31 heteroatoms. The SMILES string of the molecule is CCC(OC(CC)C(F)(F)C(F)(F)C(F)(F)C(F)(F)C(F)(C(F)(F)F)C(F)(F)F)C(F)(F)C(F)(F)C(F)(F)C(F)(F)C(F)(C(F)(F)F)C(F)(F)F. The van der Waals surface area contributed by atoms with Crippen LogP contribution in [0.3, 0.4) is 0 Å². The van der Waals surface area contributed by atoms with Crippen LogP contribution in [-0.2, 0) is 4.74 Å². The molecule has 0 radical (unpaired) electrons. The van der Waals surface area contributed by atoms with Crippen LogP contribution >= 0.6 is 0 Å². The van der Waals surface area contributed by atoms with Crippen molar-refractivity contribution in [3.8, 4) is 0 Å². The van der Waals surface area contributed by atoms with E-state index < -0.39 is 108 Å². The third-order valence-electron chi connectivity index (χ3n) is 6.72. The Morgan fingerprint density at radius 2 is 0.471 bits per heavy atom. The maximum Gasteiger partial charge on any atom is 0.438 e. The molecule has 0 amide bonds. The molecule has 2 unspecified atom stereocenters. The lowest BCUT2D eigenvalue weighted by Crippen LogP contribution is -2.77. The van der Waals surface area contributed by atoms with Gasteiger partial charge in [-0.1, -0.05) is 13.8 Å². The second-order valence-corrected chi connectivity index (χ2v) is 9.93. The van der Waals surface area contributed by atoms with E-state index in [9.17, 15) is 132 Å². The van der Waals surface area contributed by atoms with Gasteiger partial charge in [-0.3, -0.25) is 0 Å². The summed E-state index contributed by atoms with van der Waals surface area (Å²) in [5.74, 6) is -69.5. The molecule has 0 aliphatic rings. The summed E-state index contributed by atoms with van der Waals surface area (Å²) in [6, 6.07) is 0. The van der Waals surface area contributed by atoms with Gasteiger partial charge < -0.3 is 4.74 Å². The zero-order chi connectivity index (χ0) is 42.3. The van der Waals surface area contributed by atoms with E-state index >= 15 is 0 Å². The highest BCUT2D eigenvalue weighted by Crippen LogP contribution is 2.66. The predicted octanol–water partition coefficient (Wildman–Crippen LogP) is 11.3. The van der Waals surface area contributed by atoms with Crippen LogP contribution in [0.15, 0.2) is 0 Å². The van der Waals surface area contributed by atoms with Crippen molar-refractivity contribution in [1.29, 1.82) is 0 Å². The van der Waals surface area contributed by atoms with Crippen molar-refractivity contribution in [2.24, 2.45) is 0 Å². The van der Waals surface area contributed by atoms with Crippen molar-refractivity contribution in [2.45, 2.75) is 122 Å². The number of ether oxygens (including phenoxy) is 1. The summed E-state index contributed by atoms with van der Waals surface area (Å²) in [4.78, 5) is 0. The molecule has 2 atom stereocenters. The van der Waals surface area contributed by atoms with Gasteiger partial charge in [0.1, 0.15) is 12.2 Å². The number of hydrogen-bond acceptors (Lipinski definition) is 1. The predicted molar refractivity (Wildman–Crippen MR) is 101 cm³/mol. The van der Waals surface area contributed by atoms with Crippen LogP contribution in [0.1, 0.15) is 26.7 Å². The van der Waals surface area contributed by atoms with Crippen LogP contribution in [0.2, 0.25) is 0 Å². The first-order valence-corrected chi connectivity index (χ1v) is 11.9. The Hall–Kier alpha value is -2.14. The largest absolute Gasteiger partial charge is 0.438 e. The topological polar surface area (TPSA) is 9.23 Å². The molecule has 308 valence electrons. The molecule has 0 aliphatic heterocycles. The fourth-order valence-electron chi connectivity index (χ4n) is 3.76. The van der Waals surface area contributed by atoms with Crippen LogP contribution in [0.4, 0.5) is 132 Å².